The Bertz CT molecular complexity index is 510. The fraction of sp³-hybridized carbons (Fsp3) is 0.467. The van der Waals surface area contributed by atoms with Gasteiger partial charge in [0.2, 0.25) is 0 Å². The normalized spacial score (nSPS) is 34.6. The Balaban J connectivity index is 1.89. The smallest absolute Gasteiger partial charge is 0.320 e. The Kier molecular flexibility index (Phi) is 2.90. The van der Waals surface area contributed by atoms with Gasteiger partial charge in [0.1, 0.15) is 0 Å². The van der Waals surface area contributed by atoms with Gasteiger partial charge in [-0.05, 0) is 25.3 Å². The summed E-state index contributed by atoms with van der Waals surface area (Å²) in [4.78, 5) is 23.4. The number of benzene rings is 1. The molecule has 2 heterocycles. The third-order valence-corrected chi connectivity index (χ3v) is 3.94. The summed E-state index contributed by atoms with van der Waals surface area (Å²) in [6, 6.07) is 9.81. The number of hydrogen-bond donors (Lipinski definition) is 0. The second kappa shape index (κ2) is 4.46. The summed E-state index contributed by atoms with van der Waals surface area (Å²) in [5.74, 6) is -0.792. The molecular weight excluding hydrogens is 244 g/mol. The van der Waals surface area contributed by atoms with Crippen molar-refractivity contribution in [3.63, 3.8) is 0 Å². The van der Waals surface area contributed by atoms with E-state index in [1.54, 1.807) is 0 Å². The van der Waals surface area contributed by atoms with Gasteiger partial charge in [-0.25, -0.2) is 0 Å². The zero-order valence-electron chi connectivity index (χ0n) is 10.8. The summed E-state index contributed by atoms with van der Waals surface area (Å²) in [7, 11) is 0. The van der Waals surface area contributed by atoms with Crippen LogP contribution in [0, 0.1) is 5.41 Å². The molecule has 3 atom stereocenters. The molecule has 4 nitrogen and oxygen atoms in total. The number of cyclic esters (lactones) is 2. The van der Waals surface area contributed by atoms with Crippen molar-refractivity contribution < 1.29 is 19.1 Å². The van der Waals surface area contributed by atoms with Crippen LogP contribution in [-0.4, -0.2) is 18.0 Å². The van der Waals surface area contributed by atoms with Crippen molar-refractivity contribution in [2.24, 2.45) is 5.41 Å². The van der Waals surface area contributed by atoms with Crippen LogP contribution < -0.4 is 0 Å². The lowest BCUT2D eigenvalue weighted by Gasteiger charge is -2.38. The maximum atomic E-state index is 12.0. The first kappa shape index (κ1) is 12.4. The van der Waals surface area contributed by atoms with Gasteiger partial charge >= 0.3 is 11.9 Å². The van der Waals surface area contributed by atoms with Gasteiger partial charge in [-0.15, -0.1) is 0 Å². The molecular formula is C15H16O4. The van der Waals surface area contributed by atoms with E-state index in [9.17, 15) is 9.59 Å². The summed E-state index contributed by atoms with van der Waals surface area (Å²) in [6.45, 7) is 1.94. The fourth-order valence-electron chi connectivity index (χ4n) is 3.14. The van der Waals surface area contributed by atoms with E-state index in [4.69, 9.17) is 9.47 Å². The lowest BCUT2D eigenvalue weighted by molar-refractivity contribution is -0.162. The minimum absolute atomic E-state index is 0.0580. The number of carbonyl (C=O) groups is 2. The molecule has 0 aliphatic carbocycles. The van der Waals surface area contributed by atoms with Gasteiger partial charge in [-0.1, -0.05) is 30.3 Å². The largest absolute Gasteiger partial charge is 0.393 e. The Morgan fingerprint density at radius 3 is 2.53 bits per heavy atom. The van der Waals surface area contributed by atoms with Crippen molar-refractivity contribution in [1.29, 1.82) is 0 Å². The molecule has 0 unspecified atom stereocenters. The van der Waals surface area contributed by atoms with Gasteiger partial charge in [0.15, 0.2) is 0 Å². The predicted octanol–water partition coefficient (Wildman–Crippen LogP) is 2.39. The summed E-state index contributed by atoms with van der Waals surface area (Å²) >= 11 is 0. The number of hydrogen-bond acceptors (Lipinski definition) is 4. The first-order valence-electron chi connectivity index (χ1n) is 6.55. The van der Waals surface area contributed by atoms with Gasteiger partial charge in [0.05, 0.1) is 24.0 Å². The van der Waals surface area contributed by atoms with E-state index in [2.05, 4.69) is 0 Å². The Hall–Kier alpha value is -1.68. The molecule has 1 spiro atoms. The number of carbonyl (C=O) groups excluding carboxylic acids is 2. The lowest BCUT2D eigenvalue weighted by Crippen LogP contribution is -2.39. The number of rotatable bonds is 1. The van der Waals surface area contributed by atoms with Crippen LogP contribution in [0.5, 0.6) is 0 Å². The van der Waals surface area contributed by atoms with Crippen LogP contribution in [0.15, 0.2) is 30.3 Å². The molecule has 1 aromatic rings. The first-order chi connectivity index (χ1) is 9.09. The van der Waals surface area contributed by atoms with Gasteiger partial charge < -0.3 is 9.47 Å². The summed E-state index contributed by atoms with van der Waals surface area (Å²) in [6.07, 6.45) is 1.05. The zero-order chi connectivity index (χ0) is 13.5. The first-order valence-corrected chi connectivity index (χ1v) is 6.55. The third kappa shape index (κ3) is 2.16. The average molecular weight is 260 g/mol. The van der Waals surface area contributed by atoms with E-state index < -0.39 is 11.4 Å². The monoisotopic (exact) mass is 260 g/mol. The maximum Gasteiger partial charge on any atom is 0.320 e. The predicted molar refractivity (Wildman–Crippen MR) is 67.1 cm³/mol. The van der Waals surface area contributed by atoms with E-state index in [0.717, 1.165) is 5.56 Å². The van der Waals surface area contributed by atoms with Crippen LogP contribution in [0.25, 0.3) is 0 Å². The lowest BCUT2D eigenvalue weighted by atomic mass is 9.73. The molecule has 4 heteroatoms. The van der Waals surface area contributed by atoms with Gasteiger partial charge in [-0.3, -0.25) is 9.59 Å². The van der Waals surface area contributed by atoms with Gasteiger partial charge in [-0.2, -0.15) is 0 Å². The molecule has 19 heavy (non-hydrogen) atoms. The fourth-order valence-corrected chi connectivity index (χ4v) is 3.14. The standard InChI is InChI=1S/C15H16O4/c1-10-7-15(9-13(16)19-14(15)17)8-12(18-10)11-5-3-2-4-6-11/h2-6,10,12H,7-9H2,1H3/t10-,12-,15-/m1/s1. The highest BCUT2D eigenvalue weighted by Gasteiger charge is 2.53. The molecule has 0 radical (unpaired) electrons. The van der Waals surface area contributed by atoms with Crippen LogP contribution in [0.3, 0.4) is 0 Å². The average Bonchev–Trinajstić information content (AvgIpc) is 2.63. The minimum atomic E-state index is -0.685. The number of esters is 2. The minimum Gasteiger partial charge on any atom is -0.393 e. The maximum absolute atomic E-state index is 12.0. The van der Waals surface area contributed by atoms with Crippen LogP contribution in [0.1, 0.15) is 37.9 Å². The van der Waals surface area contributed by atoms with E-state index in [1.165, 1.54) is 0 Å². The quantitative estimate of drug-likeness (QED) is 0.574. The molecule has 0 amide bonds. The highest BCUT2D eigenvalue weighted by atomic mass is 16.6. The van der Waals surface area contributed by atoms with Crippen molar-refractivity contribution in [2.75, 3.05) is 0 Å². The molecule has 0 bridgehead atoms. The Morgan fingerprint density at radius 2 is 1.89 bits per heavy atom. The highest BCUT2D eigenvalue weighted by molar-refractivity contribution is 5.97. The van der Waals surface area contributed by atoms with E-state index in [1.807, 2.05) is 37.3 Å². The second-order valence-electron chi connectivity index (χ2n) is 5.47. The van der Waals surface area contributed by atoms with Crippen molar-refractivity contribution in [3.05, 3.63) is 35.9 Å². The SMILES string of the molecule is C[C@@H]1C[C@]2(CC(=O)OC2=O)C[C@H](c2ccccc2)O1. The van der Waals surface area contributed by atoms with E-state index in [0.29, 0.717) is 12.8 Å². The Morgan fingerprint density at radius 1 is 1.16 bits per heavy atom. The van der Waals surface area contributed by atoms with Crippen LogP contribution in [0.2, 0.25) is 0 Å². The van der Waals surface area contributed by atoms with Gasteiger partial charge in [0.25, 0.3) is 0 Å². The molecule has 0 N–H and O–H groups in total. The highest BCUT2D eigenvalue weighted by Crippen LogP contribution is 2.48. The van der Waals surface area contributed by atoms with Crippen molar-refractivity contribution >= 4 is 11.9 Å². The van der Waals surface area contributed by atoms with Crippen LogP contribution in [-0.2, 0) is 19.1 Å². The molecule has 0 aromatic heterocycles. The molecule has 1 aromatic carbocycles. The zero-order valence-corrected chi connectivity index (χ0v) is 10.8. The molecule has 2 saturated heterocycles. The number of ether oxygens (including phenoxy) is 2. The molecule has 0 saturated carbocycles. The van der Waals surface area contributed by atoms with Crippen molar-refractivity contribution in [3.8, 4) is 0 Å². The van der Waals surface area contributed by atoms with Crippen LogP contribution >= 0.6 is 0 Å². The summed E-state index contributed by atoms with van der Waals surface area (Å²) in [5.41, 5.74) is 0.357. The summed E-state index contributed by atoms with van der Waals surface area (Å²) in [5, 5.41) is 0. The summed E-state index contributed by atoms with van der Waals surface area (Å²) < 4.78 is 10.7. The van der Waals surface area contributed by atoms with Crippen molar-refractivity contribution in [2.45, 2.75) is 38.4 Å². The molecule has 2 aliphatic rings. The molecule has 3 rings (SSSR count). The third-order valence-electron chi connectivity index (χ3n) is 3.94. The topological polar surface area (TPSA) is 52.6 Å². The molecule has 2 fully saturated rings. The van der Waals surface area contributed by atoms with Crippen LogP contribution in [0.4, 0.5) is 0 Å². The van der Waals surface area contributed by atoms with Gasteiger partial charge in [0, 0.05) is 0 Å². The van der Waals surface area contributed by atoms with E-state index >= 15 is 0 Å². The molecule has 100 valence electrons. The Labute approximate surface area is 111 Å². The second-order valence-corrected chi connectivity index (χ2v) is 5.47. The molecule has 2 aliphatic heterocycles. The van der Waals surface area contributed by atoms with Crippen molar-refractivity contribution in [1.82, 2.24) is 0 Å². The van der Waals surface area contributed by atoms with E-state index in [-0.39, 0.29) is 24.6 Å².